The second-order valence-corrected chi connectivity index (χ2v) is 6.14. The SMILES string of the molecule is CC(C)Nc1nc2cc(Cl)c(Cl)cc2n1[C@H]1CCCO1. The minimum Gasteiger partial charge on any atom is -0.358 e. The van der Waals surface area contributed by atoms with Crippen LogP contribution < -0.4 is 5.32 Å². The second-order valence-electron chi connectivity index (χ2n) is 5.33. The van der Waals surface area contributed by atoms with Crippen LogP contribution in [0.2, 0.25) is 10.0 Å². The van der Waals surface area contributed by atoms with Gasteiger partial charge in [0.25, 0.3) is 0 Å². The fraction of sp³-hybridized carbons (Fsp3) is 0.500. The Morgan fingerprint density at radius 1 is 1.35 bits per heavy atom. The third-order valence-electron chi connectivity index (χ3n) is 3.34. The highest BCUT2D eigenvalue weighted by atomic mass is 35.5. The van der Waals surface area contributed by atoms with Gasteiger partial charge in [-0.25, -0.2) is 4.98 Å². The molecule has 1 aromatic carbocycles. The van der Waals surface area contributed by atoms with E-state index in [1.807, 2.05) is 6.07 Å². The molecule has 0 unspecified atom stereocenters. The van der Waals surface area contributed by atoms with Gasteiger partial charge in [0.15, 0.2) is 0 Å². The lowest BCUT2D eigenvalue weighted by molar-refractivity contribution is 0.0612. The van der Waals surface area contributed by atoms with Crippen LogP contribution in [0.5, 0.6) is 0 Å². The number of rotatable bonds is 3. The number of aromatic nitrogens is 2. The molecule has 4 nitrogen and oxygen atoms in total. The molecule has 1 N–H and O–H groups in total. The Morgan fingerprint density at radius 3 is 2.75 bits per heavy atom. The van der Waals surface area contributed by atoms with Gasteiger partial charge < -0.3 is 10.1 Å². The summed E-state index contributed by atoms with van der Waals surface area (Å²) in [6, 6.07) is 3.95. The van der Waals surface area contributed by atoms with Crippen molar-refractivity contribution >= 4 is 40.2 Å². The molecule has 1 fully saturated rings. The van der Waals surface area contributed by atoms with Crippen molar-refractivity contribution in [3.8, 4) is 0 Å². The number of fused-ring (bicyclic) bond motifs is 1. The fourth-order valence-electron chi connectivity index (χ4n) is 2.51. The normalized spacial score (nSPS) is 19.1. The molecular weight excluding hydrogens is 297 g/mol. The molecule has 0 spiro atoms. The van der Waals surface area contributed by atoms with Crippen molar-refractivity contribution in [1.82, 2.24) is 9.55 Å². The first-order chi connectivity index (χ1) is 9.56. The Kier molecular flexibility index (Phi) is 3.80. The van der Waals surface area contributed by atoms with E-state index in [0.717, 1.165) is 36.4 Å². The second kappa shape index (κ2) is 5.43. The van der Waals surface area contributed by atoms with Gasteiger partial charge in [-0.05, 0) is 38.8 Å². The lowest BCUT2D eigenvalue weighted by atomic mass is 10.3. The summed E-state index contributed by atoms with van der Waals surface area (Å²) in [5, 5.41) is 4.42. The molecule has 1 aliphatic heterocycles. The molecule has 0 radical (unpaired) electrons. The van der Waals surface area contributed by atoms with Gasteiger partial charge in [0.1, 0.15) is 6.23 Å². The largest absolute Gasteiger partial charge is 0.358 e. The third kappa shape index (κ3) is 2.48. The number of imidazole rings is 1. The molecule has 1 aliphatic rings. The van der Waals surface area contributed by atoms with Crippen LogP contribution in [-0.2, 0) is 4.74 Å². The molecule has 0 amide bonds. The monoisotopic (exact) mass is 313 g/mol. The average molecular weight is 314 g/mol. The summed E-state index contributed by atoms with van der Waals surface area (Å²) < 4.78 is 7.89. The molecule has 6 heteroatoms. The van der Waals surface area contributed by atoms with Crippen molar-refractivity contribution in [3.05, 3.63) is 22.2 Å². The summed E-state index contributed by atoms with van der Waals surface area (Å²) in [7, 11) is 0. The summed E-state index contributed by atoms with van der Waals surface area (Å²) in [6.45, 7) is 4.95. The van der Waals surface area contributed by atoms with Crippen LogP contribution in [0.3, 0.4) is 0 Å². The third-order valence-corrected chi connectivity index (χ3v) is 4.07. The quantitative estimate of drug-likeness (QED) is 0.908. The summed E-state index contributed by atoms with van der Waals surface area (Å²) in [5.41, 5.74) is 1.78. The van der Waals surface area contributed by atoms with Crippen molar-refractivity contribution in [1.29, 1.82) is 0 Å². The number of halogens is 2. The maximum absolute atomic E-state index is 6.15. The standard InChI is InChI=1S/C14H17Cl2N3O/c1-8(2)17-14-18-11-6-9(15)10(16)7-12(11)19(14)13-4-3-5-20-13/h6-8,13H,3-5H2,1-2H3,(H,17,18)/t13-/m1/s1. The van der Waals surface area contributed by atoms with Crippen LogP contribution in [0.15, 0.2) is 12.1 Å². The van der Waals surface area contributed by atoms with E-state index in [1.165, 1.54) is 0 Å². The number of benzene rings is 1. The molecule has 20 heavy (non-hydrogen) atoms. The smallest absolute Gasteiger partial charge is 0.206 e. The summed E-state index contributed by atoms with van der Waals surface area (Å²) in [6.07, 6.45) is 2.06. The fourth-order valence-corrected chi connectivity index (χ4v) is 2.82. The van der Waals surface area contributed by atoms with Gasteiger partial charge in [-0.1, -0.05) is 23.2 Å². The van der Waals surface area contributed by atoms with Crippen molar-refractivity contribution in [2.24, 2.45) is 0 Å². The van der Waals surface area contributed by atoms with E-state index < -0.39 is 0 Å². The first kappa shape index (κ1) is 14.0. The van der Waals surface area contributed by atoms with Gasteiger partial charge in [0.05, 0.1) is 21.1 Å². The Balaban J connectivity index is 2.17. The molecule has 2 heterocycles. The van der Waals surface area contributed by atoms with Gasteiger partial charge in [0, 0.05) is 12.6 Å². The van der Waals surface area contributed by atoms with E-state index in [1.54, 1.807) is 6.07 Å². The minimum absolute atomic E-state index is 0.0125. The van der Waals surface area contributed by atoms with E-state index in [0.29, 0.717) is 10.0 Å². The highest BCUT2D eigenvalue weighted by molar-refractivity contribution is 6.42. The van der Waals surface area contributed by atoms with Crippen molar-refractivity contribution in [2.45, 2.75) is 39.0 Å². The van der Waals surface area contributed by atoms with Crippen molar-refractivity contribution in [2.75, 3.05) is 11.9 Å². The molecule has 1 aromatic heterocycles. The number of hydrogen-bond donors (Lipinski definition) is 1. The van der Waals surface area contributed by atoms with Crippen molar-refractivity contribution < 1.29 is 4.74 Å². The maximum Gasteiger partial charge on any atom is 0.206 e. The van der Waals surface area contributed by atoms with Gasteiger partial charge in [-0.3, -0.25) is 4.57 Å². The zero-order chi connectivity index (χ0) is 14.3. The lowest BCUT2D eigenvalue weighted by Gasteiger charge is -2.18. The Morgan fingerprint density at radius 2 is 2.10 bits per heavy atom. The van der Waals surface area contributed by atoms with Crippen LogP contribution in [0.1, 0.15) is 32.9 Å². The number of hydrogen-bond acceptors (Lipinski definition) is 3. The average Bonchev–Trinajstić information content (AvgIpc) is 2.97. The zero-order valence-electron chi connectivity index (χ0n) is 11.5. The number of nitrogens with one attached hydrogen (secondary N) is 1. The maximum atomic E-state index is 6.15. The Bertz CT molecular complexity index is 633. The molecule has 0 saturated carbocycles. The van der Waals surface area contributed by atoms with Gasteiger partial charge >= 0.3 is 0 Å². The van der Waals surface area contributed by atoms with Gasteiger partial charge in [-0.15, -0.1) is 0 Å². The molecule has 0 bridgehead atoms. The van der Waals surface area contributed by atoms with E-state index in [9.17, 15) is 0 Å². The van der Waals surface area contributed by atoms with Crippen LogP contribution in [-0.4, -0.2) is 22.2 Å². The summed E-state index contributed by atoms with van der Waals surface area (Å²) in [4.78, 5) is 4.63. The Hall–Kier alpha value is -0.970. The first-order valence-corrected chi connectivity index (χ1v) is 7.57. The Labute approximate surface area is 128 Å². The van der Waals surface area contributed by atoms with E-state index in [2.05, 4.69) is 28.7 Å². The van der Waals surface area contributed by atoms with E-state index >= 15 is 0 Å². The van der Waals surface area contributed by atoms with Crippen molar-refractivity contribution in [3.63, 3.8) is 0 Å². The predicted octanol–water partition coefficient (Wildman–Crippen LogP) is 4.47. The van der Waals surface area contributed by atoms with Crippen LogP contribution in [0.4, 0.5) is 5.95 Å². The molecule has 0 aliphatic carbocycles. The first-order valence-electron chi connectivity index (χ1n) is 6.81. The highest BCUT2D eigenvalue weighted by Gasteiger charge is 2.24. The molecule has 108 valence electrons. The lowest BCUT2D eigenvalue weighted by Crippen LogP contribution is -2.17. The predicted molar refractivity (Wildman–Crippen MR) is 82.7 cm³/mol. The topological polar surface area (TPSA) is 39.1 Å². The van der Waals surface area contributed by atoms with Crippen LogP contribution in [0, 0.1) is 0 Å². The summed E-state index contributed by atoms with van der Waals surface area (Å²) in [5.74, 6) is 0.806. The highest BCUT2D eigenvalue weighted by Crippen LogP contribution is 2.35. The minimum atomic E-state index is 0.0125. The number of ether oxygens (including phenoxy) is 1. The van der Waals surface area contributed by atoms with E-state index in [-0.39, 0.29) is 12.3 Å². The number of nitrogens with zero attached hydrogens (tertiary/aromatic N) is 2. The molecule has 1 atom stereocenters. The van der Waals surface area contributed by atoms with E-state index in [4.69, 9.17) is 27.9 Å². The van der Waals surface area contributed by atoms with Gasteiger partial charge in [-0.2, -0.15) is 0 Å². The van der Waals surface area contributed by atoms with Crippen LogP contribution >= 0.6 is 23.2 Å². The van der Waals surface area contributed by atoms with Gasteiger partial charge in [0.2, 0.25) is 5.95 Å². The molecule has 1 saturated heterocycles. The molecule has 2 aromatic rings. The van der Waals surface area contributed by atoms with Crippen LogP contribution in [0.25, 0.3) is 11.0 Å². The molecule has 3 rings (SSSR count). The summed E-state index contributed by atoms with van der Waals surface area (Å²) >= 11 is 12.2. The number of anilines is 1. The zero-order valence-corrected chi connectivity index (χ0v) is 13.0. The molecular formula is C14H17Cl2N3O.